The molecule has 0 fully saturated rings. The lowest BCUT2D eigenvalue weighted by atomic mass is 10.2. The molecule has 5 nitrogen and oxygen atoms in total. The summed E-state index contributed by atoms with van der Waals surface area (Å²) in [5.74, 6) is 0.207. The molecule has 0 saturated carbocycles. The minimum absolute atomic E-state index is 0.127. The van der Waals surface area contributed by atoms with Gasteiger partial charge in [0, 0.05) is 5.56 Å². The van der Waals surface area contributed by atoms with Crippen LogP contribution in [0.2, 0.25) is 0 Å². The van der Waals surface area contributed by atoms with Crippen LogP contribution in [0, 0.1) is 17.0 Å². The van der Waals surface area contributed by atoms with Gasteiger partial charge in [0.25, 0.3) is 12.1 Å². The number of halogens is 2. The Balaban J connectivity index is 2.78. The van der Waals surface area contributed by atoms with Gasteiger partial charge in [-0.3, -0.25) is 10.1 Å². The molecule has 82 valence electrons. The predicted octanol–water partition coefficient (Wildman–Crippen LogP) is 1.98. The standard InChI is InChI=1S/C8H9F2N3O2/c1-5-2-8(12-4-7(9)10)11-3-6(5)13(14)15/h2-3,7H,4H2,1H3,(H,11,12). The Hall–Kier alpha value is -1.79. The van der Waals surface area contributed by atoms with Gasteiger partial charge in [-0.1, -0.05) is 0 Å². The highest BCUT2D eigenvalue weighted by Crippen LogP contribution is 2.18. The third-order valence-corrected chi connectivity index (χ3v) is 1.72. The number of hydrogen-bond donors (Lipinski definition) is 1. The zero-order valence-electron chi connectivity index (χ0n) is 7.91. The van der Waals surface area contributed by atoms with E-state index in [9.17, 15) is 18.9 Å². The van der Waals surface area contributed by atoms with Gasteiger partial charge in [0.1, 0.15) is 12.0 Å². The molecule has 1 aromatic heterocycles. The average Bonchev–Trinajstić information content (AvgIpc) is 2.14. The zero-order valence-corrected chi connectivity index (χ0v) is 7.91. The Morgan fingerprint density at radius 1 is 1.67 bits per heavy atom. The van der Waals surface area contributed by atoms with Gasteiger partial charge in [0.2, 0.25) is 0 Å². The van der Waals surface area contributed by atoms with Crippen LogP contribution in [-0.4, -0.2) is 22.9 Å². The molecule has 0 unspecified atom stereocenters. The van der Waals surface area contributed by atoms with E-state index < -0.39 is 17.9 Å². The first kappa shape index (κ1) is 11.3. The Bertz CT molecular complexity index is 371. The topological polar surface area (TPSA) is 68.1 Å². The largest absolute Gasteiger partial charge is 0.364 e. The first-order valence-electron chi connectivity index (χ1n) is 4.13. The lowest BCUT2D eigenvalue weighted by Gasteiger charge is -2.05. The summed E-state index contributed by atoms with van der Waals surface area (Å²) in [5, 5.41) is 12.8. The third-order valence-electron chi connectivity index (χ3n) is 1.72. The lowest BCUT2D eigenvalue weighted by Crippen LogP contribution is -2.11. The van der Waals surface area contributed by atoms with Gasteiger partial charge in [0.05, 0.1) is 11.5 Å². The number of pyridine rings is 1. The fourth-order valence-corrected chi connectivity index (χ4v) is 1.02. The van der Waals surface area contributed by atoms with Crippen LogP contribution in [0.5, 0.6) is 0 Å². The minimum atomic E-state index is -2.48. The van der Waals surface area contributed by atoms with Crippen molar-refractivity contribution < 1.29 is 13.7 Å². The van der Waals surface area contributed by atoms with Gasteiger partial charge in [-0.2, -0.15) is 0 Å². The Kier molecular flexibility index (Phi) is 3.48. The Morgan fingerprint density at radius 3 is 2.80 bits per heavy atom. The normalized spacial score (nSPS) is 10.4. The minimum Gasteiger partial charge on any atom is -0.364 e. The highest BCUT2D eigenvalue weighted by molar-refractivity contribution is 5.46. The van der Waals surface area contributed by atoms with E-state index in [2.05, 4.69) is 10.3 Å². The van der Waals surface area contributed by atoms with E-state index in [0.29, 0.717) is 5.56 Å². The first-order valence-corrected chi connectivity index (χ1v) is 4.13. The number of alkyl halides is 2. The molecule has 0 aromatic carbocycles. The summed E-state index contributed by atoms with van der Waals surface area (Å²) in [7, 11) is 0. The van der Waals surface area contributed by atoms with Crippen LogP contribution in [0.4, 0.5) is 20.3 Å². The predicted molar refractivity (Wildman–Crippen MR) is 50.1 cm³/mol. The van der Waals surface area contributed by atoms with Crippen molar-refractivity contribution in [3.63, 3.8) is 0 Å². The summed E-state index contributed by atoms with van der Waals surface area (Å²) in [6.07, 6.45) is -1.44. The summed E-state index contributed by atoms with van der Waals surface area (Å²) in [6, 6.07) is 1.36. The second-order valence-corrected chi connectivity index (χ2v) is 2.89. The van der Waals surface area contributed by atoms with E-state index in [1.54, 1.807) is 0 Å². The van der Waals surface area contributed by atoms with Crippen LogP contribution in [0.15, 0.2) is 12.3 Å². The molecule has 0 radical (unpaired) electrons. The van der Waals surface area contributed by atoms with E-state index in [4.69, 9.17) is 0 Å². The van der Waals surface area contributed by atoms with Crippen molar-refractivity contribution in [1.29, 1.82) is 0 Å². The molecule has 0 bridgehead atoms. The highest BCUT2D eigenvalue weighted by atomic mass is 19.3. The third kappa shape index (κ3) is 3.12. The van der Waals surface area contributed by atoms with Crippen molar-refractivity contribution in [2.45, 2.75) is 13.3 Å². The van der Waals surface area contributed by atoms with E-state index in [0.717, 1.165) is 6.20 Å². The maximum atomic E-state index is 11.8. The van der Waals surface area contributed by atoms with Crippen molar-refractivity contribution in [3.05, 3.63) is 27.9 Å². The number of nitrogens with zero attached hydrogens (tertiary/aromatic N) is 2. The monoisotopic (exact) mass is 217 g/mol. The van der Waals surface area contributed by atoms with Crippen molar-refractivity contribution in [2.75, 3.05) is 11.9 Å². The maximum Gasteiger partial charge on any atom is 0.290 e. The van der Waals surface area contributed by atoms with Crippen LogP contribution in [-0.2, 0) is 0 Å². The first-order chi connectivity index (χ1) is 7.00. The van der Waals surface area contributed by atoms with Gasteiger partial charge >= 0.3 is 0 Å². The molecule has 7 heteroatoms. The van der Waals surface area contributed by atoms with Crippen LogP contribution < -0.4 is 5.32 Å². The number of nitrogens with one attached hydrogen (secondary N) is 1. The SMILES string of the molecule is Cc1cc(NCC(F)F)ncc1[N+](=O)[O-]. The molecule has 1 aromatic rings. The second-order valence-electron chi connectivity index (χ2n) is 2.89. The van der Waals surface area contributed by atoms with E-state index in [1.807, 2.05) is 0 Å². The molecule has 0 saturated heterocycles. The zero-order chi connectivity index (χ0) is 11.4. The molecule has 0 aliphatic rings. The number of nitro groups is 1. The summed E-state index contributed by atoms with van der Waals surface area (Å²) < 4.78 is 23.7. The van der Waals surface area contributed by atoms with E-state index in [1.165, 1.54) is 13.0 Å². The van der Waals surface area contributed by atoms with Gasteiger partial charge in [0.15, 0.2) is 0 Å². The molecular formula is C8H9F2N3O2. The van der Waals surface area contributed by atoms with Crippen LogP contribution >= 0.6 is 0 Å². The quantitative estimate of drug-likeness (QED) is 0.618. The molecule has 0 aliphatic carbocycles. The Morgan fingerprint density at radius 2 is 2.33 bits per heavy atom. The number of anilines is 1. The highest BCUT2D eigenvalue weighted by Gasteiger charge is 2.11. The second kappa shape index (κ2) is 4.63. The smallest absolute Gasteiger partial charge is 0.290 e. The number of hydrogen-bond acceptors (Lipinski definition) is 4. The molecular weight excluding hydrogens is 208 g/mol. The van der Waals surface area contributed by atoms with Crippen LogP contribution in [0.3, 0.4) is 0 Å². The molecule has 15 heavy (non-hydrogen) atoms. The number of aromatic nitrogens is 1. The van der Waals surface area contributed by atoms with Gasteiger partial charge in [-0.15, -0.1) is 0 Å². The fourth-order valence-electron chi connectivity index (χ4n) is 1.02. The molecule has 1 heterocycles. The maximum absolute atomic E-state index is 11.8. The summed E-state index contributed by atoms with van der Waals surface area (Å²) >= 11 is 0. The van der Waals surface area contributed by atoms with Crippen LogP contribution in [0.1, 0.15) is 5.56 Å². The fraction of sp³-hybridized carbons (Fsp3) is 0.375. The molecule has 0 amide bonds. The van der Waals surface area contributed by atoms with Crippen molar-refractivity contribution in [3.8, 4) is 0 Å². The van der Waals surface area contributed by atoms with Crippen molar-refractivity contribution >= 4 is 11.5 Å². The molecule has 1 rings (SSSR count). The Labute approximate surface area is 84.3 Å². The molecule has 0 atom stereocenters. The molecule has 0 aliphatic heterocycles. The molecule has 1 N–H and O–H groups in total. The van der Waals surface area contributed by atoms with Crippen molar-refractivity contribution in [1.82, 2.24) is 4.98 Å². The summed E-state index contributed by atoms with van der Waals surface area (Å²) in [4.78, 5) is 13.5. The average molecular weight is 217 g/mol. The summed E-state index contributed by atoms with van der Waals surface area (Å²) in [6.45, 7) is 0.998. The van der Waals surface area contributed by atoms with Gasteiger partial charge in [-0.05, 0) is 13.0 Å². The van der Waals surface area contributed by atoms with E-state index in [-0.39, 0.29) is 11.5 Å². The summed E-state index contributed by atoms with van der Waals surface area (Å²) in [5.41, 5.74) is 0.254. The number of aryl methyl sites for hydroxylation is 1. The van der Waals surface area contributed by atoms with Crippen LogP contribution in [0.25, 0.3) is 0 Å². The van der Waals surface area contributed by atoms with Gasteiger partial charge < -0.3 is 5.32 Å². The molecule has 0 spiro atoms. The van der Waals surface area contributed by atoms with E-state index >= 15 is 0 Å². The van der Waals surface area contributed by atoms with Crippen molar-refractivity contribution in [2.24, 2.45) is 0 Å². The lowest BCUT2D eigenvalue weighted by molar-refractivity contribution is -0.385. The number of rotatable bonds is 4. The van der Waals surface area contributed by atoms with Gasteiger partial charge in [-0.25, -0.2) is 13.8 Å².